The molecule has 0 aromatic carbocycles. The highest BCUT2D eigenvalue weighted by Crippen LogP contribution is 2.18. The SMILES string of the molecule is CC(C)CCC(=O)NC(C)c1nc(C(=O)O)cs1. The number of aromatic nitrogens is 1. The summed E-state index contributed by atoms with van der Waals surface area (Å²) >= 11 is 1.25. The van der Waals surface area contributed by atoms with Gasteiger partial charge in [-0.15, -0.1) is 11.3 Å². The van der Waals surface area contributed by atoms with Gasteiger partial charge in [0, 0.05) is 11.8 Å². The Morgan fingerprint density at radius 1 is 1.44 bits per heavy atom. The van der Waals surface area contributed by atoms with E-state index in [4.69, 9.17) is 5.11 Å². The molecule has 1 aromatic heterocycles. The molecule has 1 heterocycles. The van der Waals surface area contributed by atoms with E-state index in [1.165, 1.54) is 16.7 Å². The molecule has 1 unspecified atom stereocenters. The molecule has 100 valence electrons. The maximum Gasteiger partial charge on any atom is 0.355 e. The fraction of sp³-hybridized carbons (Fsp3) is 0.583. The minimum Gasteiger partial charge on any atom is -0.476 e. The topological polar surface area (TPSA) is 79.3 Å². The van der Waals surface area contributed by atoms with E-state index in [-0.39, 0.29) is 17.6 Å². The number of thiazole rings is 1. The van der Waals surface area contributed by atoms with Crippen molar-refractivity contribution in [2.24, 2.45) is 5.92 Å². The molecule has 0 fully saturated rings. The number of carbonyl (C=O) groups excluding carboxylic acids is 1. The Labute approximate surface area is 110 Å². The fourth-order valence-electron chi connectivity index (χ4n) is 1.38. The summed E-state index contributed by atoms with van der Waals surface area (Å²) in [6, 6.07) is -0.247. The Hall–Kier alpha value is -1.43. The van der Waals surface area contributed by atoms with Crippen LogP contribution in [0.4, 0.5) is 0 Å². The molecule has 1 atom stereocenters. The van der Waals surface area contributed by atoms with Crippen LogP contribution in [0.2, 0.25) is 0 Å². The lowest BCUT2D eigenvalue weighted by atomic mass is 10.1. The van der Waals surface area contributed by atoms with Gasteiger partial charge in [-0.3, -0.25) is 4.79 Å². The highest BCUT2D eigenvalue weighted by atomic mass is 32.1. The Kier molecular flexibility index (Phi) is 5.27. The maximum absolute atomic E-state index is 11.6. The molecular formula is C12H18N2O3S. The van der Waals surface area contributed by atoms with Gasteiger partial charge in [0.25, 0.3) is 0 Å². The number of nitrogens with one attached hydrogen (secondary N) is 1. The van der Waals surface area contributed by atoms with E-state index in [9.17, 15) is 9.59 Å². The summed E-state index contributed by atoms with van der Waals surface area (Å²) < 4.78 is 0. The van der Waals surface area contributed by atoms with Gasteiger partial charge in [-0.05, 0) is 19.3 Å². The number of carboxylic acids is 1. The smallest absolute Gasteiger partial charge is 0.355 e. The van der Waals surface area contributed by atoms with Crippen molar-refractivity contribution in [2.75, 3.05) is 0 Å². The summed E-state index contributed by atoms with van der Waals surface area (Å²) in [5.74, 6) is -0.580. The molecule has 1 amide bonds. The first-order chi connectivity index (χ1) is 8.40. The highest BCUT2D eigenvalue weighted by Gasteiger charge is 2.15. The molecule has 0 saturated carbocycles. The summed E-state index contributed by atoms with van der Waals surface area (Å²) in [5.41, 5.74) is 0.0262. The van der Waals surface area contributed by atoms with Crippen molar-refractivity contribution in [2.45, 2.75) is 39.7 Å². The first-order valence-corrected chi connectivity index (χ1v) is 6.76. The Morgan fingerprint density at radius 2 is 2.11 bits per heavy atom. The van der Waals surface area contributed by atoms with Gasteiger partial charge in [-0.25, -0.2) is 9.78 Å². The van der Waals surface area contributed by atoms with Gasteiger partial charge in [0.1, 0.15) is 5.01 Å². The minimum atomic E-state index is -1.05. The molecule has 6 heteroatoms. The third kappa shape index (κ3) is 4.44. The second-order valence-corrected chi connectivity index (χ2v) is 5.49. The van der Waals surface area contributed by atoms with E-state index in [2.05, 4.69) is 24.1 Å². The van der Waals surface area contributed by atoms with Crippen molar-refractivity contribution < 1.29 is 14.7 Å². The van der Waals surface area contributed by atoms with Crippen molar-refractivity contribution in [3.63, 3.8) is 0 Å². The van der Waals surface area contributed by atoms with E-state index >= 15 is 0 Å². The summed E-state index contributed by atoms with van der Waals surface area (Å²) in [6.07, 6.45) is 1.33. The lowest BCUT2D eigenvalue weighted by Gasteiger charge is -2.11. The van der Waals surface area contributed by atoms with Gasteiger partial charge >= 0.3 is 5.97 Å². The van der Waals surface area contributed by atoms with Gasteiger partial charge < -0.3 is 10.4 Å². The lowest BCUT2D eigenvalue weighted by Crippen LogP contribution is -2.26. The molecule has 0 aliphatic rings. The monoisotopic (exact) mass is 270 g/mol. The molecule has 1 rings (SSSR count). The molecule has 0 spiro atoms. The predicted molar refractivity (Wildman–Crippen MR) is 69.7 cm³/mol. The molecule has 2 N–H and O–H groups in total. The zero-order valence-corrected chi connectivity index (χ0v) is 11.6. The van der Waals surface area contributed by atoms with E-state index in [1.807, 2.05) is 0 Å². The first-order valence-electron chi connectivity index (χ1n) is 5.88. The molecule has 0 radical (unpaired) electrons. The zero-order chi connectivity index (χ0) is 13.7. The van der Waals surface area contributed by atoms with Gasteiger partial charge in [-0.1, -0.05) is 13.8 Å². The Bertz CT molecular complexity index is 429. The second kappa shape index (κ2) is 6.49. The molecule has 0 saturated heterocycles. The standard InChI is InChI=1S/C12H18N2O3S/c1-7(2)4-5-10(15)13-8(3)11-14-9(6-18-11)12(16)17/h6-8H,4-5H2,1-3H3,(H,13,15)(H,16,17). The number of amides is 1. The highest BCUT2D eigenvalue weighted by molar-refractivity contribution is 7.09. The zero-order valence-electron chi connectivity index (χ0n) is 10.8. The summed E-state index contributed by atoms with van der Waals surface area (Å²) in [6.45, 7) is 5.94. The van der Waals surface area contributed by atoms with Crippen LogP contribution in [-0.2, 0) is 4.79 Å². The van der Waals surface area contributed by atoms with Crippen molar-refractivity contribution in [3.8, 4) is 0 Å². The van der Waals surface area contributed by atoms with E-state index in [0.29, 0.717) is 17.3 Å². The number of carboxylic acid groups (broad SMARTS) is 1. The molecular weight excluding hydrogens is 252 g/mol. The Morgan fingerprint density at radius 3 is 2.61 bits per heavy atom. The molecule has 5 nitrogen and oxygen atoms in total. The maximum atomic E-state index is 11.6. The number of hydrogen-bond acceptors (Lipinski definition) is 4. The predicted octanol–water partition coefficient (Wildman–Crippen LogP) is 2.45. The van der Waals surface area contributed by atoms with E-state index < -0.39 is 5.97 Å². The number of hydrogen-bond donors (Lipinski definition) is 2. The van der Waals surface area contributed by atoms with Crippen molar-refractivity contribution >= 4 is 23.2 Å². The number of nitrogens with zero attached hydrogens (tertiary/aromatic N) is 1. The lowest BCUT2D eigenvalue weighted by molar-refractivity contribution is -0.122. The molecule has 1 aromatic rings. The van der Waals surface area contributed by atoms with Crippen LogP contribution in [0.15, 0.2) is 5.38 Å². The Balaban J connectivity index is 2.51. The van der Waals surface area contributed by atoms with Crippen molar-refractivity contribution in [1.29, 1.82) is 0 Å². The number of aromatic carboxylic acids is 1. The van der Waals surface area contributed by atoms with Crippen LogP contribution in [-0.4, -0.2) is 22.0 Å². The average Bonchev–Trinajstić information content (AvgIpc) is 2.75. The molecule has 0 bridgehead atoms. The molecule has 0 aliphatic heterocycles. The fourth-order valence-corrected chi connectivity index (χ4v) is 2.18. The average molecular weight is 270 g/mol. The second-order valence-electron chi connectivity index (χ2n) is 4.60. The van der Waals surface area contributed by atoms with Crippen molar-refractivity contribution in [1.82, 2.24) is 10.3 Å². The van der Waals surface area contributed by atoms with Gasteiger partial charge in [0.15, 0.2) is 5.69 Å². The normalized spacial score (nSPS) is 12.4. The van der Waals surface area contributed by atoms with Gasteiger partial charge in [0.2, 0.25) is 5.91 Å². The van der Waals surface area contributed by atoms with Crippen molar-refractivity contribution in [3.05, 3.63) is 16.1 Å². The summed E-state index contributed by atoms with van der Waals surface area (Å²) in [4.78, 5) is 26.3. The van der Waals surface area contributed by atoms with E-state index in [1.54, 1.807) is 6.92 Å². The number of rotatable bonds is 6. The molecule has 18 heavy (non-hydrogen) atoms. The van der Waals surface area contributed by atoms with Gasteiger partial charge in [0.05, 0.1) is 6.04 Å². The minimum absolute atomic E-state index is 0.0247. The van der Waals surface area contributed by atoms with Crippen LogP contribution in [0.3, 0.4) is 0 Å². The largest absolute Gasteiger partial charge is 0.476 e. The van der Waals surface area contributed by atoms with Crippen LogP contribution in [0.25, 0.3) is 0 Å². The quantitative estimate of drug-likeness (QED) is 0.832. The van der Waals surface area contributed by atoms with Crippen LogP contribution >= 0.6 is 11.3 Å². The third-order valence-electron chi connectivity index (χ3n) is 2.44. The summed E-state index contributed by atoms with van der Waals surface area (Å²) in [5, 5.41) is 13.7. The van der Waals surface area contributed by atoms with Crippen LogP contribution in [0.1, 0.15) is 55.2 Å². The van der Waals surface area contributed by atoms with Crippen LogP contribution < -0.4 is 5.32 Å². The van der Waals surface area contributed by atoms with Crippen LogP contribution in [0, 0.1) is 5.92 Å². The van der Waals surface area contributed by atoms with Crippen LogP contribution in [0.5, 0.6) is 0 Å². The first kappa shape index (κ1) is 14.6. The third-order valence-corrected chi connectivity index (χ3v) is 3.47. The molecule has 0 aliphatic carbocycles. The summed E-state index contributed by atoms with van der Waals surface area (Å²) in [7, 11) is 0. The number of carbonyl (C=O) groups is 2. The van der Waals surface area contributed by atoms with Gasteiger partial charge in [-0.2, -0.15) is 0 Å². The van der Waals surface area contributed by atoms with E-state index in [0.717, 1.165) is 6.42 Å².